The zero-order valence-corrected chi connectivity index (χ0v) is 24.4. The van der Waals surface area contributed by atoms with E-state index in [9.17, 15) is 18.0 Å². The molecule has 2 amide bonds. The molecule has 12 nitrogen and oxygen atoms in total. The monoisotopic (exact) mass is 574 g/mol. The number of piperidine rings is 1. The molecule has 2 aliphatic heterocycles. The van der Waals surface area contributed by atoms with Gasteiger partial charge in [-0.05, 0) is 69.9 Å². The average Bonchev–Trinajstić information content (AvgIpc) is 2.92. The van der Waals surface area contributed by atoms with Crippen molar-refractivity contribution in [3.05, 3.63) is 41.2 Å². The number of piperazine rings is 1. The van der Waals surface area contributed by atoms with Crippen LogP contribution in [0.4, 0.5) is 5.82 Å². The van der Waals surface area contributed by atoms with E-state index >= 15 is 0 Å². The molecule has 2 fully saturated rings. The summed E-state index contributed by atoms with van der Waals surface area (Å²) in [7, 11) is -0.344. The van der Waals surface area contributed by atoms with E-state index in [4.69, 9.17) is 9.47 Å². The first-order chi connectivity index (χ1) is 19.1. The number of nitrogens with zero attached hydrogens (tertiary/aromatic N) is 5. The summed E-state index contributed by atoms with van der Waals surface area (Å²) in [4.78, 5) is 37.7. The lowest BCUT2D eigenvalue weighted by Gasteiger charge is -2.32. The van der Waals surface area contributed by atoms with Crippen molar-refractivity contribution >= 4 is 27.7 Å². The highest BCUT2D eigenvalue weighted by molar-refractivity contribution is 7.89. The van der Waals surface area contributed by atoms with Gasteiger partial charge < -0.3 is 19.7 Å². The summed E-state index contributed by atoms with van der Waals surface area (Å²) in [5, 5.41) is 2.66. The van der Waals surface area contributed by atoms with E-state index in [1.807, 2.05) is 26.0 Å². The molecule has 2 saturated heterocycles. The summed E-state index contributed by atoms with van der Waals surface area (Å²) in [5.41, 5.74) is 2.73. The minimum atomic E-state index is -4.00. The fraction of sp³-hybridized carbons (Fsp3) is 0.556. The number of aromatic nitrogens is 2. The van der Waals surface area contributed by atoms with Gasteiger partial charge in [0, 0.05) is 25.2 Å². The number of benzene rings is 1. The van der Waals surface area contributed by atoms with E-state index in [0.717, 1.165) is 46.9 Å². The molecule has 13 heteroatoms. The van der Waals surface area contributed by atoms with Gasteiger partial charge >= 0.3 is 0 Å². The lowest BCUT2D eigenvalue weighted by atomic mass is 9.98. The largest absolute Gasteiger partial charge is 0.496 e. The molecular weight excluding hydrogens is 536 g/mol. The summed E-state index contributed by atoms with van der Waals surface area (Å²) in [6, 6.07) is 3.82. The summed E-state index contributed by atoms with van der Waals surface area (Å²) < 4.78 is 38.1. The van der Waals surface area contributed by atoms with Crippen molar-refractivity contribution < 1.29 is 27.5 Å². The molecule has 2 aromatic rings. The van der Waals surface area contributed by atoms with Crippen molar-refractivity contribution in [2.24, 2.45) is 5.92 Å². The normalized spacial score (nSPS) is 17.6. The van der Waals surface area contributed by atoms with Crippen LogP contribution in [0.5, 0.6) is 11.6 Å². The van der Waals surface area contributed by atoms with Gasteiger partial charge in [0.05, 0.1) is 32.7 Å². The highest BCUT2D eigenvalue weighted by atomic mass is 32.2. The van der Waals surface area contributed by atoms with E-state index in [-0.39, 0.29) is 26.2 Å². The summed E-state index contributed by atoms with van der Waals surface area (Å²) >= 11 is 0. The van der Waals surface area contributed by atoms with Crippen LogP contribution in [0.1, 0.15) is 29.5 Å². The zero-order chi connectivity index (χ0) is 28.9. The second-order valence-corrected chi connectivity index (χ2v) is 12.4. The third kappa shape index (κ3) is 7.46. The second kappa shape index (κ2) is 12.9. The van der Waals surface area contributed by atoms with Crippen molar-refractivity contribution in [1.82, 2.24) is 24.5 Å². The van der Waals surface area contributed by atoms with E-state index in [0.29, 0.717) is 30.0 Å². The Bertz CT molecular complexity index is 1310. The minimum absolute atomic E-state index is 0.0440. The Balaban J connectivity index is 1.27. The Hall–Kier alpha value is -3.29. The molecule has 0 aliphatic carbocycles. The van der Waals surface area contributed by atoms with Crippen molar-refractivity contribution in [2.45, 2.75) is 33.2 Å². The number of likely N-dealkylation sites (tertiary alicyclic amines) is 1. The number of anilines is 1. The molecule has 1 N–H and O–H groups in total. The topological polar surface area (TPSA) is 134 Å². The predicted molar refractivity (Wildman–Crippen MR) is 150 cm³/mol. The smallest absolute Gasteiger partial charge is 0.243 e. The molecule has 0 saturated carbocycles. The average molecular weight is 575 g/mol. The first-order valence-corrected chi connectivity index (χ1v) is 15.0. The standard InChI is InChI=1S/C27H38N6O6S/c1-19-11-20(2)22(23(12-19)38-4)13-29-25(34)18-40(36,37)32-9-10-33(27(35)16-32)24-14-30-26(15-28-24)39-17-21-5-7-31(3)8-6-21/h11-12,14-15,21H,5-10,13,16-18H2,1-4H3,(H,29,34). The van der Waals surface area contributed by atoms with Crippen LogP contribution in [0.3, 0.4) is 0 Å². The Morgan fingerprint density at radius 2 is 1.85 bits per heavy atom. The summed E-state index contributed by atoms with van der Waals surface area (Å²) in [6.07, 6.45) is 5.09. The predicted octanol–water partition coefficient (Wildman–Crippen LogP) is 1.12. The molecule has 0 radical (unpaired) electrons. The number of nitrogens with one attached hydrogen (secondary N) is 1. The number of methoxy groups -OCH3 is 1. The van der Waals surface area contributed by atoms with Gasteiger partial charge in [-0.3, -0.25) is 14.5 Å². The first-order valence-electron chi connectivity index (χ1n) is 13.4. The minimum Gasteiger partial charge on any atom is -0.496 e. The number of amides is 2. The molecule has 218 valence electrons. The lowest BCUT2D eigenvalue weighted by molar-refractivity contribution is -0.120. The van der Waals surface area contributed by atoms with Crippen molar-refractivity contribution in [1.29, 1.82) is 0 Å². The maximum Gasteiger partial charge on any atom is 0.243 e. The van der Waals surface area contributed by atoms with Gasteiger partial charge in [-0.1, -0.05) is 6.07 Å². The number of rotatable bonds is 10. The van der Waals surface area contributed by atoms with Crippen LogP contribution < -0.4 is 19.7 Å². The van der Waals surface area contributed by atoms with Crippen LogP contribution in [-0.2, 0) is 26.2 Å². The van der Waals surface area contributed by atoms with Gasteiger partial charge in [0.25, 0.3) is 0 Å². The van der Waals surface area contributed by atoms with E-state index < -0.39 is 27.6 Å². The number of ether oxygens (including phenoxy) is 2. The molecule has 0 unspecified atom stereocenters. The molecular formula is C27H38N6O6S. The second-order valence-electron chi connectivity index (χ2n) is 10.4. The molecule has 1 aromatic carbocycles. The molecule has 0 atom stereocenters. The van der Waals surface area contributed by atoms with Gasteiger partial charge in [-0.2, -0.15) is 4.31 Å². The maximum atomic E-state index is 12.9. The summed E-state index contributed by atoms with van der Waals surface area (Å²) in [5.74, 6) is -0.0255. The highest BCUT2D eigenvalue weighted by Gasteiger charge is 2.34. The van der Waals surface area contributed by atoms with Gasteiger partial charge in [-0.25, -0.2) is 18.4 Å². The number of aryl methyl sites for hydroxylation is 2. The van der Waals surface area contributed by atoms with Gasteiger partial charge in [-0.15, -0.1) is 0 Å². The molecule has 0 bridgehead atoms. The number of sulfonamides is 1. The zero-order valence-electron chi connectivity index (χ0n) is 23.6. The van der Waals surface area contributed by atoms with Gasteiger partial charge in [0.1, 0.15) is 11.5 Å². The van der Waals surface area contributed by atoms with E-state index in [2.05, 4.69) is 27.2 Å². The number of hydrogen-bond donors (Lipinski definition) is 1. The van der Waals surface area contributed by atoms with Crippen LogP contribution in [0.2, 0.25) is 0 Å². The summed E-state index contributed by atoms with van der Waals surface area (Å²) in [6.45, 7) is 6.42. The quantitative estimate of drug-likeness (QED) is 0.443. The van der Waals surface area contributed by atoms with E-state index in [1.54, 1.807) is 7.11 Å². The Morgan fingerprint density at radius 3 is 2.50 bits per heavy atom. The molecule has 0 spiro atoms. The van der Waals surface area contributed by atoms with Crippen LogP contribution in [-0.4, -0.2) is 98.6 Å². The van der Waals surface area contributed by atoms with Crippen LogP contribution in [0.15, 0.2) is 24.5 Å². The fourth-order valence-electron chi connectivity index (χ4n) is 4.95. The third-order valence-electron chi connectivity index (χ3n) is 7.35. The van der Waals surface area contributed by atoms with Crippen LogP contribution in [0.25, 0.3) is 0 Å². The molecule has 3 heterocycles. The SMILES string of the molecule is COc1cc(C)cc(C)c1CNC(=O)CS(=O)(=O)N1CCN(c2cnc(OCC3CCN(C)CC3)cn2)C(=O)C1. The van der Waals surface area contributed by atoms with Crippen molar-refractivity contribution in [3.8, 4) is 11.6 Å². The number of carbonyl (C=O) groups is 2. The van der Waals surface area contributed by atoms with Crippen molar-refractivity contribution in [3.63, 3.8) is 0 Å². The van der Waals surface area contributed by atoms with E-state index in [1.165, 1.54) is 17.3 Å². The molecule has 1 aromatic heterocycles. The maximum absolute atomic E-state index is 12.9. The molecule has 4 rings (SSSR count). The Kier molecular flexibility index (Phi) is 9.59. The fourth-order valence-corrected chi connectivity index (χ4v) is 6.23. The number of carbonyl (C=O) groups excluding carboxylic acids is 2. The molecule has 40 heavy (non-hydrogen) atoms. The highest BCUT2D eigenvalue weighted by Crippen LogP contribution is 2.24. The van der Waals surface area contributed by atoms with Gasteiger partial charge in [0.15, 0.2) is 5.82 Å². The van der Waals surface area contributed by atoms with Crippen molar-refractivity contribution in [2.75, 3.05) is 64.1 Å². The Labute approximate surface area is 235 Å². The number of hydrogen-bond acceptors (Lipinski definition) is 9. The molecule has 2 aliphatic rings. The van der Waals surface area contributed by atoms with Crippen LogP contribution >= 0.6 is 0 Å². The lowest BCUT2D eigenvalue weighted by Crippen LogP contribution is -2.54. The first kappa shape index (κ1) is 29.7. The Morgan fingerprint density at radius 1 is 1.10 bits per heavy atom. The third-order valence-corrected chi connectivity index (χ3v) is 9.07. The van der Waals surface area contributed by atoms with Crippen LogP contribution in [0, 0.1) is 19.8 Å². The van der Waals surface area contributed by atoms with Gasteiger partial charge in [0.2, 0.25) is 27.7 Å².